The first-order valence-corrected chi connectivity index (χ1v) is 8.31. The third-order valence-corrected chi connectivity index (χ3v) is 4.37. The number of fused-ring (bicyclic) bond motifs is 2. The summed E-state index contributed by atoms with van der Waals surface area (Å²) in [4.78, 5) is 14.3. The second-order valence-electron chi connectivity index (χ2n) is 6.06. The van der Waals surface area contributed by atoms with Crippen LogP contribution in [0, 0.1) is 0 Å². The molecule has 2 aromatic heterocycles. The van der Waals surface area contributed by atoms with Gasteiger partial charge in [-0.2, -0.15) is 13.2 Å². The van der Waals surface area contributed by atoms with Crippen molar-refractivity contribution in [1.82, 2.24) is 19.7 Å². The third-order valence-electron chi connectivity index (χ3n) is 4.37. The Kier molecular flexibility index (Phi) is 4.05. The van der Waals surface area contributed by atoms with Crippen molar-refractivity contribution in [3.8, 4) is 5.75 Å². The first kappa shape index (κ1) is 17.4. The minimum Gasteiger partial charge on any atom is -0.493 e. The van der Waals surface area contributed by atoms with Crippen molar-refractivity contribution in [2.24, 2.45) is 0 Å². The van der Waals surface area contributed by atoms with Gasteiger partial charge < -0.3 is 18.6 Å². The van der Waals surface area contributed by atoms with E-state index >= 15 is 0 Å². The second-order valence-corrected chi connectivity index (χ2v) is 6.06. The van der Waals surface area contributed by atoms with E-state index < -0.39 is 12.0 Å². The van der Waals surface area contributed by atoms with Gasteiger partial charge in [-0.25, -0.2) is 0 Å². The zero-order chi connectivity index (χ0) is 19.2. The van der Waals surface area contributed by atoms with E-state index in [0.717, 1.165) is 9.95 Å². The molecule has 0 N–H and O–H groups in total. The summed E-state index contributed by atoms with van der Waals surface area (Å²) < 4.78 is 50.8. The van der Waals surface area contributed by atoms with Crippen LogP contribution < -0.4 is 4.74 Å². The van der Waals surface area contributed by atoms with Crippen molar-refractivity contribution < 1.29 is 27.1 Å². The van der Waals surface area contributed by atoms with Gasteiger partial charge in [0.2, 0.25) is 5.82 Å². The van der Waals surface area contributed by atoms with Crippen LogP contribution >= 0.6 is 0 Å². The van der Waals surface area contributed by atoms with E-state index in [9.17, 15) is 18.0 Å². The smallest absolute Gasteiger partial charge is 0.451 e. The van der Waals surface area contributed by atoms with Gasteiger partial charge in [-0.05, 0) is 25.1 Å². The van der Waals surface area contributed by atoms with Gasteiger partial charge in [-0.1, -0.05) is 0 Å². The van der Waals surface area contributed by atoms with Crippen LogP contribution in [0.25, 0.3) is 11.0 Å². The van der Waals surface area contributed by atoms with Gasteiger partial charge in [-0.15, -0.1) is 10.2 Å². The largest absolute Gasteiger partial charge is 0.493 e. The van der Waals surface area contributed by atoms with Crippen LogP contribution in [0.15, 0.2) is 28.9 Å². The quantitative estimate of drug-likeness (QED) is 0.698. The number of amides is 1. The summed E-state index contributed by atoms with van der Waals surface area (Å²) in [7, 11) is 0. The lowest BCUT2D eigenvalue weighted by atomic mass is 10.1. The first-order chi connectivity index (χ1) is 12.9. The van der Waals surface area contributed by atoms with Crippen LogP contribution in [0.3, 0.4) is 0 Å². The third kappa shape index (κ3) is 3.00. The SMILES string of the molecule is CCOc1cc(C(=O)N2CCn3c(nnc3C(F)(F)F)C2)cc2occc12. The topological polar surface area (TPSA) is 73.4 Å². The highest BCUT2D eigenvalue weighted by Gasteiger charge is 2.40. The fraction of sp³-hybridized carbons (Fsp3) is 0.353. The van der Waals surface area contributed by atoms with E-state index in [4.69, 9.17) is 9.15 Å². The molecule has 0 unspecified atom stereocenters. The number of hydrogen-bond donors (Lipinski definition) is 0. The zero-order valence-corrected chi connectivity index (χ0v) is 14.3. The average molecular weight is 380 g/mol. The molecule has 0 saturated carbocycles. The van der Waals surface area contributed by atoms with E-state index in [1.54, 1.807) is 18.2 Å². The molecule has 1 aliphatic rings. The molecule has 1 amide bonds. The van der Waals surface area contributed by atoms with Crippen LogP contribution in [0.4, 0.5) is 13.2 Å². The van der Waals surface area contributed by atoms with Crippen molar-refractivity contribution in [2.45, 2.75) is 26.2 Å². The van der Waals surface area contributed by atoms with Gasteiger partial charge in [0.1, 0.15) is 11.3 Å². The van der Waals surface area contributed by atoms with Crippen LogP contribution in [-0.2, 0) is 19.3 Å². The Morgan fingerprint density at radius 3 is 2.85 bits per heavy atom. The van der Waals surface area contributed by atoms with E-state index in [1.165, 1.54) is 11.2 Å². The lowest BCUT2D eigenvalue weighted by Crippen LogP contribution is -2.39. The number of benzene rings is 1. The van der Waals surface area contributed by atoms with Crippen molar-refractivity contribution in [1.29, 1.82) is 0 Å². The summed E-state index contributed by atoms with van der Waals surface area (Å²) in [6.45, 7) is 2.29. The number of carbonyl (C=O) groups excluding carboxylic acids is 1. The Bertz CT molecular complexity index is 1010. The molecule has 0 bridgehead atoms. The van der Waals surface area contributed by atoms with Gasteiger partial charge in [-0.3, -0.25) is 4.79 Å². The van der Waals surface area contributed by atoms with E-state index in [2.05, 4.69) is 10.2 Å². The van der Waals surface area contributed by atoms with Gasteiger partial charge in [0.25, 0.3) is 5.91 Å². The van der Waals surface area contributed by atoms with Gasteiger partial charge in [0.15, 0.2) is 5.82 Å². The molecule has 0 atom stereocenters. The molecule has 0 spiro atoms. The molecule has 7 nitrogen and oxygen atoms in total. The highest BCUT2D eigenvalue weighted by Crippen LogP contribution is 2.31. The Morgan fingerprint density at radius 1 is 1.30 bits per heavy atom. The predicted molar refractivity (Wildman–Crippen MR) is 87.1 cm³/mol. The number of halogens is 3. The maximum absolute atomic E-state index is 12.9. The molecule has 27 heavy (non-hydrogen) atoms. The molecule has 0 aliphatic carbocycles. The summed E-state index contributed by atoms with van der Waals surface area (Å²) in [6, 6.07) is 4.96. The number of carbonyl (C=O) groups is 1. The first-order valence-electron chi connectivity index (χ1n) is 8.31. The summed E-state index contributed by atoms with van der Waals surface area (Å²) >= 11 is 0. The van der Waals surface area contributed by atoms with Crippen LogP contribution in [0.2, 0.25) is 0 Å². The normalized spacial score (nSPS) is 14.4. The van der Waals surface area contributed by atoms with Crippen LogP contribution in [0.1, 0.15) is 28.9 Å². The minimum atomic E-state index is -4.58. The number of hydrogen-bond acceptors (Lipinski definition) is 5. The number of aromatic nitrogens is 3. The zero-order valence-electron chi connectivity index (χ0n) is 14.3. The van der Waals surface area contributed by atoms with Crippen molar-refractivity contribution in [2.75, 3.05) is 13.2 Å². The Labute approximate surface area is 151 Å². The Balaban J connectivity index is 1.63. The molecular formula is C17H15F3N4O3. The van der Waals surface area contributed by atoms with Crippen molar-refractivity contribution in [3.63, 3.8) is 0 Å². The number of ether oxygens (including phenoxy) is 1. The number of alkyl halides is 3. The lowest BCUT2D eigenvalue weighted by molar-refractivity contribution is -0.147. The Hall–Kier alpha value is -3.04. The highest BCUT2D eigenvalue weighted by molar-refractivity contribution is 5.99. The fourth-order valence-corrected chi connectivity index (χ4v) is 3.16. The number of furan rings is 1. The molecule has 1 aromatic carbocycles. The lowest BCUT2D eigenvalue weighted by Gasteiger charge is -2.28. The number of rotatable bonds is 3. The molecule has 0 radical (unpaired) electrons. The molecule has 3 heterocycles. The van der Waals surface area contributed by atoms with Gasteiger partial charge in [0, 0.05) is 18.7 Å². The molecule has 10 heteroatoms. The molecule has 0 fully saturated rings. The fourth-order valence-electron chi connectivity index (χ4n) is 3.16. The van der Waals surface area contributed by atoms with Gasteiger partial charge >= 0.3 is 6.18 Å². The molecule has 1 aliphatic heterocycles. The van der Waals surface area contributed by atoms with Crippen LogP contribution in [-0.4, -0.2) is 38.7 Å². The van der Waals surface area contributed by atoms with E-state index in [-0.39, 0.29) is 31.4 Å². The monoisotopic (exact) mass is 380 g/mol. The maximum Gasteiger partial charge on any atom is 0.451 e. The molecule has 4 rings (SSSR count). The molecule has 142 valence electrons. The average Bonchev–Trinajstić information content (AvgIpc) is 3.26. The summed E-state index contributed by atoms with van der Waals surface area (Å²) in [5, 5.41) is 7.57. The highest BCUT2D eigenvalue weighted by atomic mass is 19.4. The Morgan fingerprint density at radius 2 is 2.11 bits per heavy atom. The van der Waals surface area contributed by atoms with Gasteiger partial charge in [0.05, 0.1) is 24.8 Å². The molecule has 0 saturated heterocycles. The summed E-state index contributed by atoms with van der Waals surface area (Å²) in [5.41, 5.74) is 0.841. The van der Waals surface area contributed by atoms with E-state index in [1.807, 2.05) is 6.92 Å². The second kappa shape index (κ2) is 6.29. The van der Waals surface area contributed by atoms with Crippen LogP contribution in [0.5, 0.6) is 5.75 Å². The standard InChI is InChI=1S/C17H15F3N4O3/c1-2-26-12-7-10(8-13-11(12)3-6-27-13)15(25)23-4-5-24-14(9-23)21-22-16(24)17(18,19)20/h3,6-8H,2,4-5,9H2,1H3. The predicted octanol–water partition coefficient (Wildman–Crippen LogP) is 3.10. The molecule has 3 aromatic rings. The van der Waals surface area contributed by atoms with Crippen molar-refractivity contribution in [3.05, 3.63) is 41.7 Å². The maximum atomic E-state index is 12.9. The summed E-state index contributed by atoms with van der Waals surface area (Å²) in [5.74, 6) is -0.755. The molecular weight excluding hydrogens is 365 g/mol. The summed E-state index contributed by atoms with van der Waals surface area (Å²) in [6.07, 6.45) is -3.07. The minimum absolute atomic E-state index is 0.0236. The van der Waals surface area contributed by atoms with E-state index in [0.29, 0.717) is 23.5 Å². The number of nitrogens with zero attached hydrogens (tertiary/aromatic N) is 4. The van der Waals surface area contributed by atoms with Crippen molar-refractivity contribution >= 4 is 16.9 Å².